The van der Waals surface area contributed by atoms with E-state index in [1.54, 1.807) is 18.2 Å². The minimum absolute atomic E-state index is 0.0562. The summed E-state index contributed by atoms with van der Waals surface area (Å²) in [5.41, 5.74) is 0.0562. The van der Waals surface area contributed by atoms with Gasteiger partial charge in [-0.15, -0.1) is 0 Å². The van der Waals surface area contributed by atoms with Gasteiger partial charge in [0.05, 0.1) is 16.8 Å². The van der Waals surface area contributed by atoms with Crippen molar-refractivity contribution < 1.29 is 14.6 Å². The predicted octanol–water partition coefficient (Wildman–Crippen LogP) is 3.99. The number of ether oxygens (including phenoxy) is 1. The second kappa shape index (κ2) is 5.37. The highest BCUT2D eigenvalue weighted by Crippen LogP contribution is 2.31. The lowest BCUT2D eigenvalue weighted by Crippen LogP contribution is -1.97. The minimum atomic E-state index is -1.06. The summed E-state index contributed by atoms with van der Waals surface area (Å²) in [5.74, 6) is -0.307. The van der Waals surface area contributed by atoms with Gasteiger partial charge in [-0.2, -0.15) is 0 Å². The van der Waals surface area contributed by atoms with Crippen LogP contribution >= 0.6 is 27.5 Å². The molecule has 4 nitrogen and oxygen atoms in total. The number of carboxylic acids is 1. The zero-order valence-corrected chi connectivity index (χ0v) is 11.3. The van der Waals surface area contributed by atoms with Crippen molar-refractivity contribution in [2.45, 2.75) is 0 Å². The number of hydrogen-bond donors (Lipinski definition) is 1. The van der Waals surface area contributed by atoms with Gasteiger partial charge < -0.3 is 9.84 Å². The number of hydrogen-bond acceptors (Lipinski definition) is 3. The molecule has 92 valence electrons. The molecule has 0 aliphatic heterocycles. The number of pyridine rings is 1. The summed E-state index contributed by atoms with van der Waals surface area (Å²) >= 11 is 9.27. The van der Waals surface area contributed by atoms with Gasteiger partial charge >= 0.3 is 5.97 Å². The molecular formula is C12H7BrClNO3. The van der Waals surface area contributed by atoms with Crippen LogP contribution in [0, 0.1) is 0 Å². The van der Waals surface area contributed by atoms with E-state index in [0.717, 1.165) is 4.47 Å². The first-order chi connectivity index (χ1) is 8.56. The molecule has 0 aliphatic rings. The molecule has 2 rings (SSSR count). The number of halogens is 2. The average Bonchev–Trinajstić information content (AvgIpc) is 2.33. The maximum absolute atomic E-state index is 10.8. The van der Waals surface area contributed by atoms with E-state index in [2.05, 4.69) is 20.9 Å². The monoisotopic (exact) mass is 327 g/mol. The molecule has 6 heteroatoms. The van der Waals surface area contributed by atoms with Crippen molar-refractivity contribution in [3.05, 3.63) is 51.7 Å². The number of benzene rings is 1. The van der Waals surface area contributed by atoms with Crippen molar-refractivity contribution in [3.63, 3.8) is 0 Å². The van der Waals surface area contributed by atoms with Crippen LogP contribution in [0.1, 0.15) is 10.4 Å². The molecule has 0 radical (unpaired) electrons. The first-order valence-corrected chi connectivity index (χ1v) is 6.04. The quantitative estimate of drug-likeness (QED) is 0.925. The summed E-state index contributed by atoms with van der Waals surface area (Å²) in [6.07, 6.45) is 2.67. The highest BCUT2D eigenvalue weighted by molar-refractivity contribution is 9.10. The topological polar surface area (TPSA) is 59.4 Å². The number of rotatable bonds is 3. The summed E-state index contributed by atoms with van der Waals surface area (Å²) < 4.78 is 6.31. The third-order valence-corrected chi connectivity index (χ3v) is 2.87. The smallest absolute Gasteiger partial charge is 0.337 e. The molecule has 1 N–H and O–H groups in total. The van der Waals surface area contributed by atoms with Gasteiger partial charge in [-0.05, 0) is 24.3 Å². The van der Waals surface area contributed by atoms with Crippen LogP contribution < -0.4 is 4.74 Å². The molecule has 0 unspecified atom stereocenters. The molecule has 0 aliphatic carbocycles. The standard InChI is InChI=1S/C12H7BrClNO3/c13-8-1-2-11(10(14)4-8)18-9-3-7(12(16)17)5-15-6-9/h1-6H,(H,16,17). The Kier molecular flexibility index (Phi) is 3.84. The van der Waals surface area contributed by atoms with Gasteiger partial charge in [0, 0.05) is 10.7 Å². The van der Waals surface area contributed by atoms with Crippen molar-refractivity contribution in [2.24, 2.45) is 0 Å². The maximum Gasteiger partial charge on any atom is 0.337 e. The van der Waals surface area contributed by atoms with Gasteiger partial charge in [0.15, 0.2) is 0 Å². The number of aromatic carboxylic acids is 1. The van der Waals surface area contributed by atoms with Crippen LogP contribution in [0.25, 0.3) is 0 Å². The lowest BCUT2D eigenvalue weighted by atomic mass is 10.3. The largest absolute Gasteiger partial charge is 0.478 e. The number of nitrogens with zero attached hydrogens (tertiary/aromatic N) is 1. The highest BCUT2D eigenvalue weighted by atomic mass is 79.9. The Bertz CT molecular complexity index is 604. The fourth-order valence-corrected chi connectivity index (χ4v) is 1.99. The second-order valence-corrected chi connectivity index (χ2v) is 4.71. The number of carboxylic acid groups (broad SMARTS) is 1. The van der Waals surface area contributed by atoms with Gasteiger partial charge in [0.25, 0.3) is 0 Å². The number of carbonyl (C=O) groups is 1. The minimum Gasteiger partial charge on any atom is -0.478 e. The van der Waals surface area contributed by atoms with E-state index < -0.39 is 5.97 Å². The van der Waals surface area contributed by atoms with Crippen LogP contribution in [0.2, 0.25) is 5.02 Å². The zero-order chi connectivity index (χ0) is 13.1. The Morgan fingerprint density at radius 3 is 2.78 bits per heavy atom. The molecule has 1 heterocycles. The van der Waals surface area contributed by atoms with E-state index in [1.165, 1.54) is 18.5 Å². The summed E-state index contributed by atoms with van der Waals surface area (Å²) in [6, 6.07) is 6.52. The predicted molar refractivity (Wildman–Crippen MR) is 70.4 cm³/mol. The number of aromatic nitrogens is 1. The van der Waals surface area contributed by atoms with Crippen molar-refractivity contribution >= 4 is 33.5 Å². The molecule has 18 heavy (non-hydrogen) atoms. The van der Waals surface area contributed by atoms with Crippen molar-refractivity contribution in [1.82, 2.24) is 4.98 Å². The molecule has 0 bridgehead atoms. The molecule has 1 aromatic carbocycles. The maximum atomic E-state index is 10.8. The second-order valence-electron chi connectivity index (χ2n) is 3.39. The summed E-state index contributed by atoms with van der Waals surface area (Å²) in [7, 11) is 0. The lowest BCUT2D eigenvalue weighted by Gasteiger charge is -2.07. The average molecular weight is 329 g/mol. The van der Waals surface area contributed by atoms with E-state index in [-0.39, 0.29) is 5.56 Å². The zero-order valence-electron chi connectivity index (χ0n) is 8.93. The Morgan fingerprint density at radius 2 is 2.11 bits per heavy atom. The molecule has 0 amide bonds. The normalized spacial score (nSPS) is 10.1. The first kappa shape index (κ1) is 12.9. The van der Waals surface area contributed by atoms with Crippen LogP contribution in [0.15, 0.2) is 41.1 Å². The Hall–Kier alpha value is -1.59. The Balaban J connectivity index is 2.28. The first-order valence-electron chi connectivity index (χ1n) is 4.87. The van der Waals surface area contributed by atoms with Crippen LogP contribution in [0.3, 0.4) is 0 Å². The van der Waals surface area contributed by atoms with Crippen LogP contribution in [0.4, 0.5) is 0 Å². The summed E-state index contributed by atoms with van der Waals surface area (Å²) in [4.78, 5) is 14.6. The van der Waals surface area contributed by atoms with Crippen molar-refractivity contribution in [2.75, 3.05) is 0 Å². The summed E-state index contributed by atoms with van der Waals surface area (Å²) in [6.45, 7) is 0. The van der Waals surface area contributed by atoms with E-state index in [0.29, 0.717) is 16.5 Å². The van der Waals surface area contributed by atoms with Crippen LogP contribution in [0.5, 0.6) is 11.5 Å². The van der Waals surface area contributed by atoms with Gasteiger partial charge in [-0.25, -0.2) is 4.79 Å². The van der Waals surface area contributed by atoms with E-state index >= 15 is 0 Å². The van der Waals surface area contributed by atoms with E-state index in [1.807, 2.05) is 0 Å². The molecule has 0 atom stereocenters. The molecule has 0 saturated carbocycles. The summed E-state index contributed by atoms with van der Waals surface area (Å²) in [5, 5.41) is 9.26. The van der Waals surface area contributed by atoms with Crippen molar-refractivity contribution in [3.8, 4) is 11.5 Å². The van der Waals surface area contributed by atoms with Crippen LogP contribution in [-0.2, 0) is 0 Å². The third-order valence-electron chi connectivity index (χ3n) is 2.08. The Labute approximate surface area is 116 Å². The molecule has 0 spiro atoms. The van der Waals surface area contributed by atoms with E-state index in [9.17, 15) is 4.79 Å². The molecule has 0 fully saturated rings. The van der Waals surface area contributed by atoms with Gasteiger partial charge in [0.2, 0.25) is 0 Å². The molecular weight excluding hydrogens is 321 g/mol. The lowest BCUT2D eigenvalue weighted by molar-refractivity contribution is 0.0696. The molecule has 1 aromatic heterocycles. The van der Waals surface area contributed by atoms with Gasteiger partial charge in [0.1, 0.15) is 11.5 Å². The van der Waals surface area contributed by atoms with E-state index in [4.69, 9.17) is 21.4 Å². The fourth-order valence-electron chi connectivity index (χ4n) is 1.28. The third kappa shape index (κ3) is 3.00. The molecule has 0 saturated heterocycles. The van der Waals surface area contributed by atoms with Gasteiger partial charge in [-0.3, -0.25) is 4.98 Å². The fraction of sp³-hybridized carbons (Fsp3) is 0. The van der Waals surface area contributed by atoms with Crippen molar-refractivity contribution in [1.29, 1.82) is 0 Å². The highest BCUT2D eigenvalue weighted by Gasteiger charge is 2.07. The Morgan fingerprint density at radius 1 is 1.33 bits per heavy atom. The van der Waals surface area contributed by atoms with Gasteiger partial charge in [-0.1, -0.05) is 27.5 Å². The SMILES string of the molecule is O=C(O)c1cncc(Oc2ccc(Br)cc2Cl)c1. The molecule has 2 aromatic rings. The van der Waals surface area contributed by atoms with Crippen LogP contribution in [-0.4, -0.2) is 16.1 Å².